The molecule has 0 atom stereocenters. The molecular formula is C20H22O2. The van der Waals surface area contributed by atoms with Gasteiger partial charge in [0.15, 0.2) is 0 Å². The summed E-state index contributed by atoms with van der Waals surface area (Å²) in [6.45, 7) is 5.74. The Hall–Kier alpha value is -2.09. The van der Waals surface area contributed by atoms with Crippen molar-refractivity contribution in [1.29, 1.82) is 0 Å². The Morgan fingerprint density at radius 1 is 1.09 bits per heavy atom. The fourth-order valence-electron chi connectivity index (χ4n) is 2.78. The van der Waals surface area contributed by atoms with E-state index in [1.165, 1.54) is 21.9 Å². The van der Waals surface area contributed by atoms with Crippen LogP contribution in [0.2, 0.25) is 0 Å². The maximum atomic E-state index is 12.0. The second-order valence-electron chi connectivity index (χ2n) is 7.05. The van der Waals surface area contributed by atoms with Crippen LogP contribution in [-0.4, -0.2) is 11.6 Å². The van der Waals surface area contributed by atoms with Gasteiger partial charge >= 0.3 is 5.97 Å². The molecule has 1 saturated carbocycles. The fraction of sp³-hybridized carbons (Fsp3) is 0.350. The average molecular weight is 294 g/mol. The second-order valence-corrected chi connectivity index (χ2v) is 7.05. The molecule has 0 N–H and O–H groups in total. The van der Waals surface area contributed by atoms with E-state index in [4.69, 9.17) is 4.74 Å². The van der Waals surface area contributed by atoms with Gasteiger partial charge in [-0.05, 0) is 56.0 Å². The lowest BCUT2D eigenvalue weighted by atomic mass is 9.79. The summed E-state index contributed by atoms with van der Waals surface area (Å²) >= 11 is 0. The number of rotatable bonds is 2. The first kappa shape index (κ1) is 14.8. The molecule has 114 valence electrons. The standard InChI is InChI=1S/C20H22O2/c1-20(2,3)22-19(21)18-12-15(13-18)10-14-8-9-16-6-4-5-7-17(16)11-14/h4-11,18H,12-13H2,1-3H3. The summed E-state index contributed by atoms with van der Waals surface area (Å²) in [6, 6.07) is 14.8. The SMILES string of the molecule is CC(C)(C)OC(=O)C1CC(=Cc2ccc3ccccc3c2)C1. The highest BCUT2D eigenvalue weighted by Crippen LogP contribution is 2.36. The number of esters is 1. The van der Waals surface area contributed by atoms with E-state index in [0.717, 1.165) is 12.8 Å². The van der Waals surface area contributed by atoms with E-state index in [0.29, 0.717) is 0 Å². The molecule has 0 unspecified atom stereocenters. The summed E-state index contributed by atoms with van der Waals surface area (Å²) in [6.07, 6.45) is 3.84. The van der Waals surface area contributed by atoms with Crippen molar-refractivity contribution in [2.75, 3.05) is 0 Å². The van der Waals surface area contributed by atoms with Crippen molar-refractivity contribution >= 4 is 22.8 Å². The number of carbonyl (C=O) groups excluding carboxylic acids is 1. The van der Waals surface area contributed by atoms with Gasteiger partial charge < -0.3 is 4.74 Å². The second kappa shape index (κ2) is 5.60. The van der Waals surface area contributed by atoms with Crippen LogP contribution in [0.5, 0.6) is 0 Å². The van der Waals surface area contributed by atoms with E-state index < -0.39 is 5.60 Å². The molecule has 1 fully saturated rings. The molecular weight excluding hydrogens is 272 g/mol. The lowest BCUT2D eigenvalue weighted by Gasteiger charge is -2.30. The average Bonchev–Trinajstić information content (AvgIpc) is 2.40. The zero-order valence-corrected chi connectivity index (χ0v) is 13.4. The summed E-state index contributed by atoms with van der Waals surface area (Å²) in [5.41, 5.74) is 2.14. The quantitative estimate of drug-likeness (QED) is 0.731. The first-order valence-corrected chi connectivity index (χ1v) is 7.82. The highest BCUT2D eigenvalue weighted by atomic mass is 16.6. The minimum absolute atomic E-state index is 0.0333. The molecule has 3 rings (SSSR count). The molecule has 0 spiro atoms. The van der Waals surface area contributed by atoms with Gasteiger partial charge in [-0.1, -0.05) is 48.0 Å². The van der Waals surface area contributed by atoms with Crippen molar-refractivity contribution < 1.29 is 9.53 Å². The number of hydrogen-bond acceptors (Lipinski definition) is 2. The molecule has 0 amide bonds. The summed E-state index contributed by atoms with van der Waals surface area (Å²) in [7, 11) is 0. The maximum absolute atomic E-state index is 12.0. The zero-order chi connectivity index (χ0) is 15.7. The normalized spacial score (nSPS) is 18.0. The van der Waals surface area contributed by atoms with Gasteiger partial charge in [-0.15, -0.1) is 0 Å². The van der Waals surface area contributed by atoms with E-state index in [2.05, 4.69) is 48.5 Å². The molecule has 2 nitrogen and oxygen atoms in total. The topological polar surface area (TPSA) is 26.3 Å². The number of carbonyl (C=O) groups is 1. The Morgan fingerprint density at radius 2 is 1.77 bits per heavy atom. The van der Waals surface area contributed by atoms with Crippen molar-refractivity contribution in [2.24, 2.45) is 5.92 Å². The van der Waals surface area contributed by atoms with Gasteiger partial charge in [0.25, 0.3) is 0 Å². The highest BCUT2D eigenvalue weighted by Gasteiger charge is 2.33. The number of benzene rings is 2. The molecule has 2 aromatic rings. The lowest BCUT2D eigenvalue weighted by molar-refractivity contribution is -0.161. The van der Waals surface area contributed by atoms with Crippen LogP contribution in [0.15, 0.2) is 48.0 Å². The minimum Gasteiger partial charge on any atom is -0.460 e. The zero-order valence-electron chi connectivity index (χ0n) is 13.4. The van der Waals surface area contributed by atoms with E-state index in [1.54, 1.807) is 0 Å². The predicted octanol–water partition coefficient (Wildman–Crippen LogP) is 4.97. The Bertz CT molecular complexity index is 727. The summed E-state index contributed by atoms with van der Waals surface area (Å²) in [5.74, 6) is -0.0332. The van der Waals surface area contributed by atoms with E-state index in [1.807, 2.05) is 20.8 Å². The molecule has 0 heterocycles. The summed E-state index contributed by atoms with van der Waals surface area (Å²) < 4.78 is 5.43. The molecule has 0 radical (unpaired) electrons. The summed E-state index contributed by atoms with van der Waals surface area (Å²) in [4.78, 5) is 12.0. The molecule has 0 aliphatic heterocycles. The van der Waals surface area contributed by atoms with Crippen LogP contribution in [0.1, 0.15) is 39.2 Å². The first-order valence-electron chi connectivity index (χ1n) is 7.82. The molecule has 2 aromatic carbocycles. The van der Waals surface area contributed by atoms with Gasteiger partial charge in [0.2, 0.25) is 0 Å². The van der Waals surface area contributed by atoms with Crippen molar-refractivity contribution in [1.82, 2.24) is 0 Å². The Kier molecular flexibility index (Phi) is 3.78. The van der Waals surface area contributed by atoms with Crippen LogP contribution in [0.3, 0.4) is 0 Å². The molecule has 0 bridgehead atoms. The highest BCUT2D eigenvalue weighted by molar-refractivity contribution is 5.85. The minimum atomic E-state index is -0.394. The maximum Gasteiger partial charge on any atom is 0.310 e. The molecule has 1 aliphatic carbocycles. The van der Waals surface area contributed by atoms with Gasteiger partial charge in [0.1, 0.15) is 5.60 Å². The largest absolute Gasteiger partial charge is 0.460 e. The molecule has 1 aliphatic rings. The van der Waals surface area contributed by atoms with Crippen LogP contribution in [-0.2, 0) is 9.53 Å². The predicted molar refractivity (Wildman–Crippen MR) is 90.5 cm³/mol. The van der Waals surface area contributed by atoms with E-state index in [-0.39, 0.29) is 11.9 Å². The van der Waals surface area contributed by atoms with Crippen molar-refractivity contribution in [3.05, 3.63) is 53.6 Å². The van der Waals surface area contributed by atoms with Gasteiger partial charge in [0.05, 0.1) is 5.92 Å². The van der Waals surface area contributed by atoms with E-state index in [9.17, 15) is 4.79 Å². The molecule has 2 heteroatoms. The molecule has 0 aromatic heterocycles. The molecule has 22 heavy (non-hydrogen) atoms. The van der Waals surface area contributed by atoms with Crippen molar-refractivity contribution in [3.8, 4) is 0 Å². The van der Waals surface area contributed by atoms with Crippen LogP contribution in [0.4, 0.5) is 0 Å². The van der Waals surface area contributed by atoms with Crippen molar-refractivity contribution in [2.45, 2.75) is 39.2 Å². The Balaban J connectivity index is 1.66. The number of fused-ring (bicyclic) bond motifs is 1. The number of ether oxygens (including phenoxy) is 1. The van der Waals surface area contributed by atoms with Gasteiger partial charge in [-0.2, -0.15) is 0 Å². The summed E-state index contributed by atoms with van der Waals surface area (Å²) in [5, 5.41) is 2.50. The monoisotopic (exact) mass is 294 g/mol. The van der Waals surface area contributed by atoms with Crippen LogP contribution >= 0.6 is 0 Å². The van der Waals surface area contributed by atoms with Crippen LogP contribution in [0, 0.1) is 5.92 Å². The van der Waals surface area contributed by atoms with Gasteiger partial charge in [0, 0.05) is 0 Å². The Morgan fingerprint density at radius 3 is 2.45 bits per heavy atom. The third-order valence-electron chi connectivity index (χ3n) is 3.90. The first-order chi connectivity index (χ1) is 10.4. The molecule has 0 saturated heterocycles. The lowest BCUT2D eigenvalue weighted by Crippen LogP contribution is -2.32. The van der Waals surface area contributed by atoms with E-state index >= 15 is 0 Å². The third-order valence-corrected chi connectivity index (χ3v) is 3.90. The van der Waals surface area contributed by atoms with Gasteiger partial charge in [-0.3, -0.25) is 4.79 Å². The third kappa shape index (κ3) is 3.38. The van der Waals surface area contributed by atoms with Gasteiger partial charge in [-0.25, -0.2) is 0 Å². The Labute approximate surface area is 131 Å². The van der Waals surface area contributed by atoms with Crippen molar-refractivity contribution in [3.63, 3.8) is 0 Å². The van der Waals surface area contributed by atoms with Crippen LogP contribution in [0.25, 0.3) is 16.8 Å². The number of hydrogen-bond donors (Lipinski definition) is 0. The fourth-order valence-corrected chi connectivity index (χ4v) is 2.78. The van der Waals surface area contributed by atoms with Crippen LogP contribution < -0.4 is 0 Å². The smallest absolute Gasteiger partial charge is 0.310 e. The number of allylic oxidation sites excluding steroid dienone is 1.